The highest BCUT2D eigenvalue weighted by atomic mass is 32.1. The van der Waals surface area contributed by atoms with Crippen LogP contribution in [0.3, 0.4) is 0 Å². The van der Waals surface area contributed by atoms with Crippen LogP contribution in [0.5, 0.6) is 0 Å². The van der Waals surface area contributed by atoms with Gasteiger partial charge >= 0.3 is 0 Å². The van der Waals surface area contributed by atoms with Gasteiger partial charge in [0.05, 0.1) is 11.4 Å². The van der Waals surface area contributed by atoms with Crippen LogP contribution in [0.25, 0.3) is 16.1 Å². The lowest BCUT2D eigenvalue weighted by Crippen LogP contribution is -2.28. The van der Waals surface area contributed by atoms with E-state index < -0.39 is 0 Å². The van der Waals surface area contributed by atoms with Crippen LogP contribution in [0.15, 0.2) is 66.6 Å². The Bertz CT molecular complexity index is 930. The first kappa shape index (κ1) is 21.1. The van der Waals surface area contributed by atoms with E-state index in [2.05, 4.69) is 96.7 Å². The van der Waals surface area contributed by atoms with E-state index in [1.54, 1.807) is 11.3 Å². The number of thiophene rings is 1. The minimum absolute atomic E-state index is 0.714. The molecular weight excluding hydrogens is 376 g/mol. The maximum Gasteiger partial charge on any atom is 0.0624 e. The molecule has 0 spiro atoms. The lowest BCUT2D eigenvalue weighted by Gasteiger charge is -2.19. The van der Waals surface area contributed by atoms with Crippen molar-refractivity contribution < 1.29 is 0 Å². The molecule has 0 aliphatic carbocycles. The molecule has 0 saturated carbocycles. The van der Waals surface area contributed by atoms with Crippen molar-refractivity contribution >= 4 is 28.4 Å². The van der Waals surface area contributed by atoms with Crippen molar-refractivity contribution in [1.82, 2.24) is 9.80 Å². The Morgan fingerprint density at radius 3 is 2.45 bits per heavy atom. The lowest BCUT2D eigenvalue weighted by atomic mass is 10.1. The largest absolute Gasteiger partial charge is 0.397 e. The number of hydrogen-bond acceptors (Lipinski definition) is 5. The molecule has 0 aliphatic rings. The van der Waals surface area contributed by atoms with Crippen LogP contribution in [-0.4, -0.2) is 44.0 Å². The number of rotatable bonds is 9. The van der Waals surface area contributed by atoms with Crippen molar-refractivity contribution in [3.63, 3.8) is 0 Å². The van der Waals surface area contributed by atoms with E-state index in [0.29, 0.717) is 5.69 Å². The molecule has 0 bridgehead atoms. The molecule has 5 heteroatoms. The molecule has 152 valence electrons. The van der Waals surface area contributed by atoms with Crippen LogP contribution >= 0.6 is 11.3 Å². The molecule has 0 radical (unpaired) electrons. The van der Waals surface area contributed by atoms with Gasteiger partial charge in [0.15, 0.2) is 0 Å². The number of hydrogen-bond donors (Lipinski definition) is 2. The van der Waals surface area contributed by atoms with Gasteiger partial charge in [0, 0.05) is 30.2 Å². The van der Waals surface area contributed by atoms with E-state index in [4.69, 9.17) is 5.73 Å². The zero-order valence-electron chi connectivity index (χ0n) is 17.5. The van der Waals surface area contributed by atoms with E-state index in [9.17, 15) is 0 Å². The first-order chi connectivity index (χ1) is 13.9. The highest BCUT2D eigenvalue weighted by Crippen LogP contribution is 2.31. The number of nitrogens with two attached hydrogens (primary N) is 1. The summed E-state index contributed by atoms with van der Waals surface area (Å²) in [4.78, 5) is 5.76. The second-order valence-electron chi connectivity index (χ2n) is 7.62. The summed E-state index contributed by atoms with van der Waals surface area (Å²) in [5, 5.41) is 5.47. The SMILES string of the molecule is C=C(Nc1cc(-c2cccs2)ccc1N)c1ccc(CN(C)CCN(C)C)cc1. The van der Waals surface area contributed by atoms with Crippen molar-refractivity contribution in [3.8, 4) is 10.4 Å². The monoisotopic (exact) mass is 406 g/mol. The van der Waals surface area contributed by atoms with Crippen LogP contribution < -0.4 is 11.1 Å². The van der Waals surface area contributed by atoms with Crippen LogP contribution in [-0.2, 0) is 6.54 Å². The van der Waals surface area contributed by atoms with E-state index in [0.717, 1.165) is 42.1 Å². The van der Waals surface area contributed by atoms with Gasteiger partial charge in [-0.25, -0.2) is 0 Å². The third kappa shape index (κ3) is 5.94. The molecule has 0 atom stereocenters. The van der Waals surface area contributed by atoms with Gasteiger partial charge in [-0.05, 0) is 61.4 Å². The average Bonchev–Trinajstić information content (AvgIpc) is 3.23. The average molecular weight is 407 g/mol. The second kappa shape index (κ2) is 9.74. The van der Waals surface area contributed by atoms with E-state index >= 15 is 0 Å². The highest BCUT2D eigenvalue weighted by molar-refractivity contribution is 7.13. The van der Waals surface area contributed by atoms with Gasteiger partial charge in [0.1, 0.15) is 0 Å². The summed E-state index contributed by atoms with van der Waals surface area (Å²) in [6.45, 7) is 7.25. The fourth-order valence-electron chi connectivity index (χ4n) is 3.07. The molecule has 1 heterocycles. The molecule has 29 heavy (non-hydrogen) atoms. The number of anilines is 2. The van der Waals surface area contributed by atoms with Crippen molar-refractivity contribution in [2.24, 2.45) is 0 Å². The summed E-state index contributed by atoms with van der Waals surface area (Å²) in [5.41, 5.74) is 12.1. The van der Waals surface area contributed by atoms with Crippen molar-refractivity contribution in [2.45, 2.75) is 6.54 Å². The number of likely N-dealkylation sites (N-methyl/N-ethyl adjacent to an activating group) is 2. The van der Waals surface area contributed by atoms with Gasteiger partial charge in [0.25, 0.3) is 0 Å². The molecule has 4 nitrogen and oxygen atoms in total. The van der Waals surface area contributed by atoms with Gasteiger partial charge in [-0.3, -0.25) is 0 Å². The van der Waals surface area contributed by atoms with Gasteiger partial charge < -0.3 is 20.9 Å². The van der Waals surface area contributed by atoms with Gasteiger partial charge in [-0.15, -0.1) is 11.3 Å². The number of nitrogens with zero attached hydrogens (tertiary/aromatic N) is 2. The molecule has 0 amide bonds. The zero-order valence-corrected chi connectivity index (χ0v) is 18.3. The summed E-state index contributed by atoms with van der Waals surface area (Å²) in [6, 6.07) is 18.8. The molecule has 2 aromatic carbocycles. The quantitative estimate of drug-likeness (QED) is 0.487. The molecule has 3 aromatic rings. The molecule has 0 saturated heterocycles. The Balaban J connectivity index is 1.65. The fraction of sp³-hybridized carbons (Fsp3) is 0.250. The van der Waals surface area contributed by atoms with Crippen molar-refractivity contribution in [3.05, 3.63) is 77.7 Å². The standard InChI is InChI=1S/C24H30N4S/c1-18(20-9-7-19(8-10-20)17-28(4)14-13-27(2)3)26-23-16-21(11-12-22(23)25)24-6-5-15-29-24/h5-12,15-16,26H,1,13-14,17,25H2,2-4H3. The van der Waals surface area contributed by atoms with Crippen LogP contribution in [0.4, 0.5) is 11.4 Å². The summed E-state index contributed by atoms with van der Waals surface area (Å²) in [6.07, 6.45) is 0. The van der Waals surface area contributed by atoms with Gasteiger partial charge in [0.2, 0.25) is 0 Å². The Labute approximate surface area is 178 Å². The van der Waals surface area contributed by atoms with E-state index in [1.807, 2.05) is 6.07 Å². The molecule has 1 aromatic heterocycles. The molecule has 0 fully saturated rings. The van der Waals surface area contributed by atoms with Crippen molar-refractivity contribution in [1.29, 1.82) is 0 Å². The first-order valence-corrected chi connectivity index (χ1v) is 10.6. The molecule has 0 unspecified atom stereocenters. The highest BCUT2D eigenvalue weighted by Gasteiger charge is 2.07. The molecule has 0 aliphatic heterocycles. The molecular formula is C24H30N4S. The summed E-state index contributed by atoms with van der Waals surface area (Å²) < 4.78 is 0. The Hall–Kier alpha value is -2.60. The normalized spacial score (nSPS) is 11.2. The molecule has 3 rings (SSSR count). The maximum absolute atomic E-state index is 6.19. The number of benzene rings is 2. The third-order valence-corrected chi connectivity index (χ3v) is 5.75. The minimum atomic E-state index is 0.714. The Kier molecular flexibility index (Phi) is 7.09. The Morgan fingerprint density at radius 2 is 1.79 bits per heavy atom. The molecule has 3 N–H and O–H groups in total. The number of nitrogens with one attached hydrogen (secondary N) is 1. The number of nitrogen functional groups attached to an aromatic ring is 1. The summed E-state index contributed by atoms with van der Waals surface area (Å²) in [7, 11) is 6.36. The fourth-order valence-corrected chi connectivity index (χ4v) is 3.79. The van der Waals surface area contributed by atoms with Gasteiger partial charge in [-0.2, -0.15) is 0 Å². The summed E-state index contributed by atoms with van der Waals surface area (Å²) in [5.74, 6) is 0. The topological polar surface area (TPSA) is 44.5 Å². The smallest absolute Gasteiger partial charge is 0.0624 e. The van der Waals surface area contributed by atoms with Crippen LogP contribution in [0.2, 0.25) is 0 Å². The van der Waals surface area contributed by atoms with Gasteiger partial charge in [-0.1, -0.05) is 43.0 Å². The van der Waals surface area contributed by atoms with E-state index in [-0.39, 0.29) is 0 Å². The van der Waals surface area contributed by atoms with E-state index in [1.165, 1.54) is 10.4 Å². The second-order valence-corrected chi connectivity index (χ2v) is 8.57. The van der Waals surface area contributed by atoms with Crippen molar-refractivity contribution in [2.75, 3.05) is 45.3 Å². The zero-order chi connectivity index (χ0) is 20.8. The first-order valence-electron chi connectivity index (χ1n) is 9.74. The predicted molar refractivity (Wildman–Crippen MR) is 128 cm³/mol. The Morgan fingerprint density at radius 1 is 1.03 bits per heavy atom. The minimum Gasteiger partial charge on any atom is -0.397 e. The predicted octanol–water partition coefficient (Wildman–Crippen LogP) is 5.07. The maximum atomic E-state index is 6.19. The third-order valence-electron chi connectivity index (χ3n) is 4.83. The van der Waals surface area contributed by atoms with Crippen LogP contribution in [0.1, 0.15) is 11.1 Å². The van der Waals surface area contributed by atoms with Crippen LogP contribution in [0, 0.1) is 0 Å². The lowest BCUT2D eigenvalue weighted by molar-refractivity contribution is 0.276. The summed E-state index contributed by atoms with van der Waals surface area (Å²) >= 11 is 1.72.